The molecule has 2 aliphatic rings. The first-order chi connectivity index (χ1) is 11.6. The molecular weight excluding hydrogens is 308 g/mol. The van der Waals surface area contributed by atoms with Crippen LogP contribution in [-0.4, -0.2) is 45.5 Å². The first-order valence-electron chi connectivity index (χ1n) is 8.72. The molecule has 1 aromatic rings. The number of fused-ring (bicyclic) bond motifs is 1. The average molecular weight is 335 g/mol. The molecule has 6 heteroatoms. The van der Waals surface area contributed by atoms with E-state index < -0.39 is 0 Å². The van der Waals surface area contributed by atoms with Crippen LogP contribution in [0.2, 0.25) is 0 Å². The van der Waals surface area contributed by atoms with Crippen LogP contribution in [0.4, 0.5) is 0 Å². The molecule has 1 amide bonds. The summed E-state index contributed by atoms with van der Waals surface area (Å²) in [5, 5.41) is 3.10. The van der Waals surface area contributed by atoms with Gasteiger partial charge in [0.25, 0.3) is 0 Å². The van der Waals surface area contributed by atoms with E-state index in [1.807, 2.05) is 12.1 Å². The normalized spacial score (nSPS) is 18.6. The zero-order valence-electron chi connectivity index (χ0n) is 14.5. The lowest BCUT2D eigenvalue weighted by atomic mass is 10.0. The molecule has 0 aromatic heterocycles. The fourth-order valence-corrected chi connectivity index (χ4v) is 3.27. The molecule has 2 aliphatic heterocycles. The van der Waals surface area contributed by atoms with Gasteiger partial charge in [0.05, 0.1) is 19.8 Å². The van der Waals surface area contributed by atoms with Gasteiger partial charge in [0.15, 0.2) is 11.5 Å². The Labute approximate surface area is 143 Å². The summed E-state index contributed by atoms with van der Waals surface area (Å²) in [5.41, 5.74) is 1.17. The zero-order chi connectivity index (χ0) is 16.9. The molecule has 0 bridgehead atoms. The minimum absolute atomic E-state index is 0.114. The van der Waals surface area contributed by atoms with E-state index in [1.54, 1.807) is 0 Å². The van der Waals surface area contributed by atoms with Crippen molar-refractivity contribution in [1.29, 1.82) is 0 Å². The molecule has 1 atom stereocenters. The van der Waals surface area contributed by atoms with E-state index in [-0.39, 0.29) is 18.7 Å². The van der Waals surface area contributed by atoms with Gasteiger partial charge >= 0.3 is 0 Å². The van der Waals surface area contributed by atoms with Crippen LogP contribution in [0.25, 0.3) is 0 Å². The first-order valence-corrected chi connectivity index (χ1v) is 8.72. The second kappa shape index (κ2) is 7.85. The SMILES string of the molecule is CC(C)CC(=O)NC[C@@H](c1ccc2c(c1)OCO2)[NH+]1CCOCC1. The molecule has 0 radical (unpaired) electrons. The van der Waals surface area contributed by atoms with Crippen LogP contribution in [0, 0.1) is 5.92 Å². The fraction of sp³-hybridized carbons (Fsp3) is 0.611. The summed E-state index contributed by atoms with van der Waals surface area (Å²) in [6, 6.07) is 6.28. The number of ether oxygens (including phenoxy) is 3. The zero-order valence-corrected chi connectivity index (χ0v) is 14.5. The van der Waals surface area contributed by atoms with Gasteiger partial charge in [0.1, 0.15) is 19.1 Å². The van der Waals surface area contributed by atoms with Crippen molar-refractivity contribution in [3.63, 3.8) is 0 Å². The Morgan fingerprint density at radius 2 is 1.96 bits per heavy atom. The maximum Gasteiger partial charge on any atom is 0.231 e. The maximum atomic E-state index is 12.1. The van der Waals surface area contributed by atoms with Gasteiger partial charge in [0, 0.05) is 12.0 Å². The topological polar surface area (TPSA) is 61.2 Å². The minimum atomic E-state index is 0.114. The maximum absolute atomic E-state index is 12.1. The van der Waals surface area contributed by atoms with Crippen LogP contribution < -0.4 is 19.7 Å². The van der Waals surface area contributed by atoms with Gasteiger partial charge in [-0.1, -0.05) is 13.8 Å². The molecule has 24 heavy (non-hydrogen) atoms. The van der Waals surface area contributed by atoms with E-state index in [9.17, 15) is 4.79 Å². The summed E-state index contributed by atoms with van der Waals surface area (Å²) < 4.78 is 16.4. The Hall–Kier alpha value is -1.79. The van der Waals surface area contributed by atoms with Crippen LogP contribution in [0.15, 0.2) is 18.2 Å². The molecule has 0 aliphatic carbocycles. The minimum Gasteiger partial charge on any atom is -0.454 e. The second-order valence-corrected chi connectivity index (χ2v) is 6.84. The number of nitrogens with one attached hydrogen (secondary N) is 2. The van der Waals surface area contributed by atoms with E-state index in [1.165, 1.54) is 10.5 Å². The molecule has 1 aromatic carbocycles. The van der Waals surface area contributed by atoms with E-state index in [0.29, 0.717) is 18.9 Å². The van der Waals surface area contributed by atoms with Gasteiger partial charge in [-0.2, -0.15) is 0 Å². The van der Waals surface area contributed by atoms with Crippen molar-refractivity contribution in [2.45, 2.75) is 26.3 Å². The summed E-state index contributed by atoms with van der Waals surface area (Å²) in [6.07, 6.45) is 0.562. The van der Waals surface area contributed by atoms with Gasteiger partial charge in [-0.3, -0.25) is 4.79 Å². The van der Waals surface area contributed by atoms with Crippen molar-refractivity contribution in [2.75, 3.05) is 39.6 Å². The lowest BCUT2D eigenvalue weighted by molar-refractivity contribution is -0.937. The van der Waals surface area contributed by atoms with Crippen molar-refractivity contribution in [3.05, 3.63) is 23.8 Å². The summed E-state index contributed by atoms with van der Waals surface area (Å²) in [4.78, 5) is 13.5. The van der Waals surface area contributed by atoms with E-state index >= 15 is 0 Å². The van der Waals surface area contributed by atoms with Crippen LogP contribution in [-0.2, 0) is 9.53 Å². The van der Waals surface area contributed by atoms with Crippen molar-refractivity contribution < 1.29 is 23.9 Å². The number of quaternary nitrogens is 1. The van der Waals surface area contributed by atoms with Crippen molar-refractivity contribution >= 4 is 5.91 Å². The number of hydrogen-bond acceptors (Lipinski definition) is 4. The number of morpholine rings is 1. The van der Waals surface area contributed by atoms with E-state index in [4.69, 9.17) is 14.2 Å². The quantitative estimate of drug-likeness (QED) is 0.796. The van der Waals surface area contributed by atoms with Crippen LogP contribution in [0.3, 0.4) is 0 Å². The monoisotopic (exact) mass is 335 g/mol. The summed E-state index contributed by atoms with van der Waals surface area (Å²) in [7, 11) is 0. The Morgan fingerprint density at radius 3 is 2.71 bits per heavy atom. The number of amides is 1. The molecule has 1 saturated heterocycles. The molecular formula is C18H27N2O4+. The third-order valence-electron chi connectivity index (χ3n) is 4.52. The average Bonchev–Trinajstić information content (AvgIpc) is 3.03. The Kier molecular flexibility index (Phi) is 5.58. The molecule has 0 spiro atoms. The molecule has 0 unspecified atom stereocenters. The van der Waals surface area contributed by atoms with Gasteiger partial charge in [-0.25, -0.2) is 0 Å². The van der Waals surface area contributed by atoms with Gasteiger partial charge in [-0.15, -0.1) is 0 Å². The molecule has 2 heterocycles. The van der Waals surface area contributed by atoms with Crippen molar-refractivity contribution in [3.8, 4) is 11.5 Å². The highest BCUT2D eigenvalue weighted by Gasteiger charge is 2.28. The predicted molar refractivity (Wildman–Crippen MR) is 89.3 cm³/mol. The molecule has 1 fully saturated rings. The Bertz CT molecular complexity index is 570. The fourth-order valence-electron chi connectivity index (χ4n) is 3.27. The van der Waals surface area contributed by atoms with Crippen LogP contribution >= 0.6 is 0 Å². The van der Waals surface area contributed by atoms with Gasteiger partial charge in [-0.05, 0) is 24.1 Å². The highest BCUT2D eigenvalue weighted by atomic mass is 16.7. The summed E-state index contributed by atoms with van der Waals surface area (Å²) in [6.45, 7) is 8.43. The lowest BCUT2D eigenvalue weighted by Crippen LogP contribution is -3.15. The lowest BCUT2D eigenvalue weighted by Gasteiger charge is -2.32. The van der Waals surface area contributed by atoms with Gasteiger partial charge in [0.2, 0.25) is 12.7 Å². The molecule has 132 valence electrons. The van der Waals surface area contributed by atoms with Crippen molar-refractivity contribution in [1.82, 2.24) is 5.32 Å². The van der Waals surface area contributed by atoms with Crippen LogP contribution in [0.5, 0.6) is 11.5 Å². The summed E-state index contributed by atoms with van der Waals surface area (Å²) in [5.74, 6) is 2.06. The third kappa shape index (κ3) is 4.19. The molecule has 6 nitrogen and oxygen atoms in total. The molecule has 3 rings (SSSR count). The van der Waals surface area contributed by atoms with E-state index in [2.05, 4.69) is 25.2 Å². The number of hydrogen-bond donors (Lipinski definition) is 2. The smallest absolute Gasteiger partial charge is 0.231 e. The van der Waals surface area contributed by atoms with Crippen molar-refractivity contribution in [2.24, 2.45) is 5.92 Å². The van der Waals surface area contributed by atoms with E-state index in [0.717, 1.165) is 37.8 Å². The standard InChI is InChI=1S/C18H26N2O4/c1-13(2)9-18(21)19-11-15(20-5-7-22-8-6-20)14-3-4-16-17(10-14)24-12-23-16/h3-4,10,13,15H,5-9,11-12H2,1-2H3,(H,19,21)/p+1/t15-/m0/s1. The van der Waals surface area contributed by atoms with Crippen LogP contribution in [0.1, 0.15) is 31.9 Å². The molecule has 2 N–H and O–H groups in total. The first kappa shape index (κ1) is 17.0. The highest BCUT2D eigenvalue weighted by molar-refractivity contribution is 5.76. The number of carbonyl (C=O) groups excluding carboxylic acids is 1. The Morgan fingerprint density at radius 1 is 1.21 bits per heavy atom. The molecule has 0 saturated carbocycles. The number of carbonyl (C=O) groups is 1. The number of benzene rings is 1. The number of rotatable bonds is 6. The predicted octanol–water partition coefficient (Wildman–Crippen LogP) is 0.534. The summed E-state index contributed by atoms with van der Waals surface area (Å²) >= 11 is 0. The third-order valence-corrected chi connectivity index (χ3v) is 4.52. The Balaban J connectivity index is 1.73. The van der Waals surface area contributed by atoms with Gasteiger partial charge < -0.3 is 24.4 Å². The largest absolute Gasteiger partial charge is 0.454 e. The highest BCUT2D eigenvalue weighted by Crippen LogP contribution is 2.33. The second-order valence-electron chi connectivity index (χ2n) is 6.84.